The fourth-order valence-electron chi connectivity index (χ4n) is 3.56. The van der Waals surface area contributed by atoms with Crippen molar-refractivity contribution in [3.8, 4) is 0 Å². The van der Waals surface area contributed by atoms with Gasteiger partial charge in [0, 0.05) is 31.1 Å². The van der Waals surface area contributed by atoms with Gasteiger partial charge in [0.2, 0.25) is 0 Å². The van der Waals surface area contributed by atoms with Crippen molar-refractivity contribution in [1.29, 1.82) is 0 Å². The quantitative estimate of drug-likeness (QED) is 0.772. The van der Waals surface area contributed by atoms with E-state index in [-0.39, 0.29) is 0 Å². The van der Waals surface area contributed by atoms with Gasteiger partial charge in [0.05, 0.1) is 35.7 Å². The number of ether oxygens (including phenoxy) is 1. The van der Waals surface area contributed by atoms with Gasteiger partial charge in [-0.2, -0.15) is 5.10 Å². The first-order chi connectivity index (χ1) is 11.8. The number of hydrogen-bond donors (Lipinski definition) is 0. The molecule has 130 valence electrons. The lowest BCUT2D eigenvalue weighted by atomic mass is 9.99. The molecule has 0 spiro atoms. The van der Waals surface area contributed by atoms with Crippen LogP contribution in [0, 0.1) is 12.8 Å². The molecular formula is C18H26N4OS. The van der Waals surface area contributed by atoms with E-state index in [1.54, 1.807) is 11.3 Å². The zero-order valence-corrected chi connectivity index (χ0v) is 15.4. The highest BCUT2D eigenvalue weighted by molar-refractivity contribution is 7.09. The molecule has 0 N–H and O–H groups in total. The third-order valence-corrected chi connectivity index (χ3v) is 6.10. The smallest absolute Gasteiger partial charge is 0.0798 e. The van der Waals surface area contributed by atoms with Crippen LogP contribution in [0.4, 0.5) is 0 Å². The van der Waals surface area contributed by atoms with Crippen LogP contribution in [-0.2, 0) is 24.2 Å². The van der Waals surface area contributed by atoms with Crippen LogP contribution in [0.5, 0.6) is 0 Å². The van der Waals surface area contributed by atoms with E-state index >= 15 is 0 Å². The zero-order valence-electron chi connectivity index (χ0n) is 14.6. The number of fused-ring (bicyclic) bond motifs is 1. The maximum Gasteiger partial charge on any atom is 0.0798 e. The van der Waals surface area contributed by atoms with Crippen molar-refractivity contribution in [2.75, 3.05) is 19.8 Å². The van der Waals surface area contributed by atoms with Gasteiger partial charge in [-0.1, -0.05) is 0 Å². The fraction of sp³-hybridized carbons (Fsp3) is 0.667. The van der Waals surface area contributed by atoms with Gasteiger partial charge < -0.3 is 4.74 Å². The molecule has 1 atom stereocenters. The summed E-state index contributed by atoms with van der Waals surface area (Å²) >= 11 is 1.76. The van der Waals surface area contributed by atoms with Crippen LogP contribution in [0.3, 0.4) is 0 Å². The Bertz CT molecular complexity index is 691. The molecule has 0 saturated heterocycles. The van der Waals surface area contributed by atoms with E-state index in [1.165, 1.54) is 29.0 Å². The lowest BCUT2D eigenvalue weighted by molar-refractivity contribution is 0.0515. The Morgan fingerprint density at radius 2 is 2.25 bits per heavy atom. The lowest BCUT2D eigenvalue weighted by Crippen LogP contribution is -2.38. The molecule has 2 aliphatic rings. The summed E-state index contributed by atoms with van der Waals surface area (Å²) in [6, 6.07) is 0.302. The molecule has 0 bridgehead atoms. The molecule has 1 aliphatic heterocycles. The molecule has 1 aliphatic carbocycles. The molecule has 0 unspecified atom stereocenters. The molecule has 4 rings (SSSR count). The number of aryl methyl sites for hydroxylation is 1. The van der Waals surface area contributed by atoms with Gasteiger partial charge in [-0.05, 0) is 44.6 Å². The second-order valence-electron chi connectivity index (χ2n) is 6.94. The minimum atomic E-state index is 0.302. The molecule has 0 radical (unpaired) electrons. The second kappa shape index (κ2) is 6.94. The van der Waals surface area contributed by atoms with Crippen LogP contribution in [0.25, 0.3) is 0 Å². The van der Waals surface area contributed by atoms with E-state index in [2.05, 4.69) is 34.6 Å². The van der Waals surface area contributed by atoms with Crippen molar-refractivity contribution in [2.45, 2.75) is 52.2 Å². The summed E-state index contributed by atoms with van der Waals surface area (Å²) in [4.78, 5) is 8.34. The van der Waals surface area contributed by atoms with Gasteiger partial charge in [-0.25, -0.2) is 4.98 Å². The Morgan fingerprint density at radius 1 is 1.38 bits per heavy atom. The summed E-state index contributed by atoms with van der Waals surface area (Å²) in [5.41, 5.74) is 5.92. The highest BCUT2D eigenvalue weighted by Gasteiger charge is 2.33. The predicted octanol–water partition coefficient (Wildman–Crippen LogP) is 3.19. The second-order valence-corrected chi connectivity index (χ2v) is 7.88. The molecule has 5 nitrogen and oxygen atoms in total. The summed E-state index contributed by atoms with van der Waals surface area (Å²) < 4.78 is 8.13. The Kier molecular flexibility index (Phi) is 4.70. The zero-order chi connectivity index (χ0) is 16.5. The van der Waals surface area contributed by atoms with Crippen molar-refractivity contribution in [1.82, 2.24) is 19.7 Å². The van der Waals surface area contributed by atoms with Crippen LogP contribution < -0.4 is 0 Å². The minimum Gasteiger partial charge on any atom is -0.380 e. The first kappa shape index (κ1) is 16.2. The SMILES string of the molecule is CCOC[C@H]1c2c(cnn2CC2CC2)CCN1Cc1scnc1C. The van der Waals surface area contributed by atoms with Crippen LogP contribution in [0.2, 0.25) is 0 Å². The van der Waals surface area contributed by atoms with Crippen LogP contribution in [0.1, 0.15) is 47.6 Å². The summed E-state index contributed by atoms with van der Waals surface area (Å²) in [6.45, 7) is 8.79. The van der Waals surface area contributed by atoms with Crippen molar-refractivity contribution >= 4 is 11.3 Å². The number of rotatable bonds is 7. The molecule has 24 heavy (non-hydrogen) atoms. The predicted molar refractivity (Wildman–Crippen MR) is 95.2 cm³/mol. The topological polar surface area (TPSA) is 43.2 Å². The van der Waals surface area contributed by atoms with E-state index in [4.69, 9.17) is 9.84 Å². The van der Waals surface area contributed by atoms with E-state index in [0.29, 0.717) is 6.04 Å². The Morgan fingerprint density at radius 3 is 2.96 bits per heavy atom. The van der Waals surface area contributed by atoms with Crippen molar-refractivity contribution < 1.29 is 4.74 Å². The van der Waals surface area contributed by atoms with Gasteiger partial charge in [0.15, 0.2) is 0 Å². The standard InChI is InChI=1S/C18H26N4OS/c1-3-23-11-16-18-15(8-20-22(18)9-14-4-5-14)6-7-21(16)10-17-13(2)19-12-24-17/h8,12,14,16H,3-7,9-11H2,1-2H3/t16-/m0/s1. The average molecular weight is 346 g/mol. The van der Waals surface area contributed by atoms with Crippen molar-refractivity contribution in [2.24, 2.45) is 5.92 Å². The van der Waals surface area contributed by atoms with E-state index in [1.807, 2.05) is 5.51 Å². The summed E-state index contributed by atoms with van der Waals surface area (Å²) in [5, 5.41) is 4.71. The fourth-order valence-corrected chi connectivity index (χ4v) is 4.36. The molecule has 2 aromatic rings. The molecule has 2 aromatic heterocycles. The number of hydrogen-bond acceptors (Lipinski definition) is 5. The minimum absolute atomic E-state index is 0.302. The van der Waals surface area contributed by atoms with Crippen LogP contribution >= 0.6 is 11.3 Å². The third kappa shape index (κ3) is 3.27. The number of aromatic nitrogens is 3. The maximum atomic E-state index is 5.86. The first-order valence-electron chi connectivity index (χ1n) is 9.01. The highest BCUT2D eigenvalue weighted by atomic mass is 32.1. The Labute approximate surface area is 147 Å². The molecule has 3 heterocycles. The van der Waals surface area contributed by atoms with E-state index in [0.717, 1.165) is 50.9 Å². The van der Waals surface area contributed by atoms with Crippen molar-refractivity contribution in [3.05, 3.63) is 33.5 Å². The third-order valence-electron chi connectivity index (χ3n) is 5.18. The molecule has 1 saturated carbocycles. The maximum absolute atomic E-state index is 5.86. The van der Waals surface area contributed by atoms with E-state index < -0.39 is 0 Å². The number of nitrogens with zero attached hydrogens (tertiary/aromatic N) is 4. The first-order valence-corrected chi connectivity index (χ1v) is 9.89. The summed E-state index contributed by atoms with van der Waals surface area (Å²) in [5.74, 6) is 0.834. The summed E-state index contributed by atoms with van der Waals surface area (Å²) in [7, 11) is 0. The Hall–Kier alpha value is -1.24. The molecule has 0 aromatic carbocycles. The Balaban J connectivity index is 1.60. The van der Waals surface area contributed by atoms with Gasteiger partial charge in [-0.15, -0.1) is 11.3 Å². The monoisotopic (exact) mass is 346 g/mol. The normalized spacial score (nSPS) is 21.2. The summed E-state index contributed by atoms with van der Waals surface area (Å²) in [6.07, 6.45) is 5.88. The molecule has 0 amide bonds. The van der Waals surface area contributed by atoms with Gasteiger partial charge >= 0.3 is 0 Å². The number of thiazole rings is 1. The molecular weight excluding hydrogens is 320 g/mol. The highest BCUT2D eigenvalue weighted by Crippen LogP contribution is 2.36. The van der Waals surface area contributed by atoms with E-state index in [9.17, 15) is 0 Å². The van der Waals surface area contributed by atoms with Crippen LogP contribution in [0.15, 0.2) is 11.7 Å². The van der Waals surface area contributed by atoms with Crippen LogP contribution in [-0.4, -0.2) is 39.4 Å². The lowest BCUT2D eigenvalue weighted by Gasteiger charge is -2.36. The van der Waals surface area contributed by atoms with Gasteiger partial charge in [0.1, 0.15) is 0 Å². The van der Waals surface area contributed by atoms with Gasteiger partial charge in [-0.3, -0.25) is 9.58 Å². The van der Waals surface area contributed by atoms with Gasteiger partial charge in [0.25, 0.3) is 0 Å². The van der Waals surface area contributed by atoms with Crippen molar-refractivity contribution in [3.63, 3.8) is 0 Å². The average Bonchev–Trinajstić information content (AvgIpc) is 3.18. The largest absolute Gasteiger partial charge is 0.380 e. The molecule has 6 heteroatoms. The molecule has 1 fully saturated rings.